The van der Waals surface area contributed by atoms with Crippen LogP contribution in [0.4, 0.5) is 4.79 Å². The maximum Gasteiger partial charge on any atom is 0.325 e. The first-order valence-corrected chi connectivity index (χ1v) is 6.54. The molecular weight excluding hydrogens is 228 g/mol. The Morgan fingerprint density at radius 3 is 2.50 bits per heavy atom. The summed E-state index contributed by atoms with van der Waals surface area (Å²) >= 11 is 1.77. The zero-order chi connectivity index (χ0) is 12.2. The number of rotatable bonds is 5. The first kappa shape index (κ1) is 13.2. The molecule has 1 fully saturated rings. The predicted molar refractivity (Wildman–Crippen MR) is 63.7 cm³/mol. The average Bonchev–Trinajstić information content (AvgIpc) is 2.16. The number of carbonyl (C=O) groups is 2. The van der Waals surface area contributed by atoms with Gasteiger partial charge in [0, 0.05) is 11.3 Å². The van der Waals surface area contributed by atoms with E-state index in [1.165, 1.54) is 13.3 Å². The number of aliphatic carboxylic acids is 1. The first-order valence-electron chi connectivity index (χ1n) is 5.31. The van der Waals surface area contributed by atoms with E-state index in [0.29, 0.717) is 6.54 Å². The third-order valence-corrected chi connectivity index (χ3v) is 4.41. The average molecular weight is 246 g/mol. The highest BCUT2D eigenvalue weighted by atomic mass is 32.2. The summed E-state index contributed by atoms with van der Waals surface area (Å²) in [5.74, 6) is -1.03. The second-order valence-electron chi connectivity index (χ2n) is 4.13. The van der Waals surface area contributed by atoms with Crippen LogP contribution in [-0.2, 0) is 4.79 Å². The number of hydrogen-bond donors (Lipinski definition) is 3. The maximum absolute atomic E-state index is 11.4. The van der Waals surface area contributed by atoms with Crippen molar-refractivity contribution in [1.82, 2.24) is 10.6 Å². The quantitative estimate of drug-likeness (QED) is 0.677. The van der Waals surface area contributed by atoms with Crippen LogP contribution in [-0.4, -0.2) is 40.7 Å². The minimum atomic E-state index is -1.03. The lowest BCUT2D eigenvalue weighted by Crippen LogP contribution is -2.50. The van der Waals surface area contributed by atoms with E-state index in [-0.39, 0.29) is 4.75 Å². The van der Waals surface area contributed by atoms with Gasteiger partial charge in [0.05, 0.1) is 0 Å². The van der Waals surface area contributed by atoms with Crippen molar-refractivity contribution in [2.45, 2.75) is 37.0 Å². The highest BCUT2D eigenvalue weighted by molar-refractivity contribution is 8.00. The summed E-state index contributed by atoms with van der Waals surface area (Å²) in [6.07, 6.45) is 5.47. The predicted octanol–water partition coefficient (Wildman–Crippen LogP) is 1.04. The molecule has 0 aliphatic heterocycles. The molecule has 0 saturated heterocycles. The van der Waals surface area contributed by atoms with Crippen LogP contribution in [0.1, 0.15) is 26.2 Å². The Balaban J connectivity index is 2.27. The van der Waals surface area contributed by atoms with Gasteiger partial charge in [-0.3, -0.25) is 4.79 Å². The van der Waals surface area contributed by atoms with E-state index in [1.54, 1.807) is 11.8 Å². The van der Waals surface area contributed by atoms with Gasteiger partial charge >= 0.3 is 12.0 Å². The van der Waals surface area contributed by atoms with E-state index >= 15 is 0 Å². The Morgan fingerprint density at radius 1 is 1.50 bits per heavy atom. The highest BCUT2D eigenvalue weighted by Crippen LogP contribution is 2.42. The summed E-state index contributed by atoms with van der Waals surface area (Å²) in [5, 5.41) is 13.7. The smallest absolute Gasteiger partial charge is 0.325 e. The Bertz CT molecular complexity index is 274. The van der Waals surface area contributed by atoms with Gasteiger partial charge in [-0.05, 0) is 26.0 Å². The van der Waals surface area contributed by atoms with Crippen molar-refractivity contribution >= 4 is 23.8 Å². The van der Waals surface area contributed by atoms with Crippen LogP contribution < -0.4 is 10.6 Å². The van der Waals surface area contributed by atoms with Crippen LogP contribution in [0.5, 0.6) is 0 Å². The Kier molecular flexibility index (Phi) is 4.46. The maximum atomic E-state index is 11.4. The van der Waals surface area contributed by atoms with E-state index in [2.05, 4.69) is 10.6 Å². The fourth-order valence-corrected chi connectivity index (χ4v) is 2.49. The molecule has 0 radical (unpaired) electrons. The number of carboxylic acid groups (broad SMARTS) is 1. The van der Waals surface area contributed by atoms with Gasteiger partial charge in [0.15, 0.2) is 0 Å². The van der Waals surface area contributed by atoms with Crippen molar-refractivity contribution in [3.8, 4) is 0 Å². The van der Waals surface area contributed by atoms with Crippen molar-refractivity contribution in [2.75, 3.05) is 12.8 Å². The SMILES string of the molecule is CSC1(CNC(=O)N[C@H](C)C(=O)O)CCC1. The molecule has 5 nitrogen and oxygen atoms in total. The van der Waals surface area contributed by atoms with E-state index < -0.39 is 18.0 Å². The summed E-state index contributed by atoms with van der Waals surface area (Å²) in [4.78, 5) is 21.9. The molecule has 0 bridgehead atoms. The molecule has 0 unspecified atom stereocenters. The molecule has 2 amide bonds. The number of nitrogens with one attached hydrogen (secondary N) is 2. The van der Waals surface area contributed by atoms with Gasteiger partial charge in [-0.1, -0.05) is 6.42 Å². The summed E-state index contributed by atoms with van der Waals surface area (Å²) in [6, 6.07) is -1.26. The molecule has 1 aliphatic rings. The molecule has 16 heavy (non-hydrogen) atoms. The molecule has 0 aromatic heterocycles. The molecule has 3 N–H and O–H groups in total. The molecule has 6 heteroatoms. The summed E-state index contributed by atoms with van der Waals surface area (Å²) < 4.78 is 0.170. The molecule has 1 saturated carbocycles. The van der Waals surface area contributed by atoms with Crippen molar-refractivity contribution in [1.29, 1.82) is 0 Å². The second kappa shape index (κ2) is 5.43. The van der Waals surface area contributed by atoms with Crippen molar-refractivity contribution in [3.63, 3.8) is 0 Å². The fourth-order valence-electron chi connectivity index (χ4n) is 1.57. The van der Waals surface area contributed by atoms with Crippen LogP contribution in [0, 0.1) is 0 Å². The van der Waals surface area contributed by atoms with Gasteiger partial charge in [0.2, 0.25) is 0 Å². The molecule has 92 valence electrons. The molecule has 1 aliphatic carbocycles. The van der Waals surface area contributed by atoms with E-state index in [9.17, 15) is 9.59 Å². The van der Waals surface area contributed by atoms with Crippen LogP contribution in [0.25, 0.3) is 0 Å². The van der Waals surface area contributed by atoms with Crippen LogP contribution in [0.15, 0.2) is 0 Å². The number of hydrogen-bond acceptors (Lipinski definition) is 3. The van der Waals surface area contributed by atoms with Gasteiger partial charge in [0.1, 0.15) is 6.04 Å². The normalized spacial score (nSPS) is 19.4. The number of carbonyl (C=O) groups excluding carboxylic acids is 1. The number of carboxylic acids is 1. The van der Waals surface area contributed by atoms with Crippen LogP contribution in [0.3, 0.4) is 0 Å². The summed E-state index contributed by atoms with van der Waals surface area (Å²) in [5.41, 5.74) is 0. The van der Waals surface area contributed by atoms with Gasteiger partial charge in [-0.15, -0.1) is 0 Å². The van der Waals surface area contributed by atoms with Gasteiger partial charge in [-0.25, -0.2) is 4.79 Å². The van der Waals surface area contributed by atoms with Gasteiger partial charge < -0.3 is 15.7 Å². The van der Waals surface area contributed by atoms with Gasteiger partial charge in [-0.2, -0.15) is 11.8 Å². The molecular formula is C10H18N2O3S. The Morgan fingerprint density at radius 2 is 2.12 bits per heavy atom. The molecule has 0 spiro atoms. The van der Waals surface area contributed by atoms with Crippen molar-refractivity contribution < 1.29 is 14.7 Å². The van der Waals surface area contributed by atoms with E-state index in [4.69, 9.17) is 5.11 Å². The third-order valence-electron chi connectivity index (χ3n) is 2.99. The Hall–Kier alpha value is -0.910. The van der Waals surface area contributed by atoms with Crippen LogP contribution >= 0.6 is 11.8 Å². The summed E-state index contributed by atoms with van der Waals surface area (Å²) in [7, 11) is 0. The number of amides is 2. The minimum absolute atomic E-state index is 0.170. The van der Waals surface area contributed by atoms with Crippen molar-refractivity contribution in [3.05, 3.63) is 0 Å². The monoisotopic (exact) mass is 246 g/mol. The minimum Gasteiger partial charge on any atom is -0.480 e. The van der Waals surface area contributed by atoms with Gasteiger partial charge in [0.25, 0.3) is 0 Å². The Labute approximate surface area is 99.4 Å². The summed E-state index contributed by atoms with van der Waals surface area (Å²) in [6.45, 7) is 2.04. The molecule has 0 aromatic rings. The van der Waals surface area contributed by atoms with E-state index in [0.717, 1.165) is 12.8 Å². The van der Waals surface area contributed by atoms with Crippen LogP contribution in [0.2, 0.25) is 0 Å². The lowest BCUT2D eigenvalue weighted by Gasteiger charge is -2.40. The zero-order valence-electron chi connectivity index (χ0n) is 9.58. The zero-order valence-corrected chi connectivity index (χ0v) is 10.4. The molecule has 1 atom stereocenters. The largest absolute Gasteiger partial charge is 0.480 e. The number of urea groups is 1. The lowest BCUT2D eigenvalue weighted by atomic mass is 9.84. The fraction of sp³-hybridized carbons (Fsp3) is 0.800. The molecule has 0 heterocycles. The lowest BCUT2D eigenvalue weighted by molar-refractivity contribution is -0.138. The number of thioether (sulfide) groups is 1. The van der Waals surface area contributed by atoms with Crippen molar-refractivity contribution in [2.24, 2.45) is 0 Å². The highest BCUT2D eigenvalue weighted by Gasteiger charge is 2.36. The van der Waals surface area contributed by atoms with E-state index in [1.807, 2.05) is 6.26 Å². The third kappa shape index (κ3) is 3.30. The molecule has 0 aromatic carbocycles. The standard InChI is InChI=1S/C10H18N2O3S/c1-7(8(13)14)12-9(15)11-6-10(16-2)4-3-5-10/h7H,3-6H2,1-2H3,(H,13,14)(H2,11,12,15)/t7-/m1/s1. The first-order chi connectivity index (χ1) is 7.49. The molecule has 1 rings (SSSR count). The topological polar surface area (TPSA) is 78.4 Å². The second-order valence-corrected chi connectivity index (χ2v) is 5.40.